The first-order chi connectivity index (χ1) is 9.64. The number of piperidine rings is 1. The minimum absolute atomic E-state index is 0.0323. The Morgan fingerprint density at radius 1 is 1.45 bits per heavy atom. The van der Waals surface area contributed by atoms with Crippen molar-refractivity contribution in [2.75, 3.05) is 18.5 Å². The van der Waals surface area contributed by atoms with Crippen LogP contribution in [0.25, 0.3) is 0 Å². The van der Waals surface area contributed by atoms with Gasteiger partial charge >= 0.3 is 0 Å². The van der Waals surface area contributed by atoms with E-state index in [0.29, 0.717) is 6.61 Å². The average molecular weight is 276 g/mol. The molecule has 1 heterocycles. The Bertz CT molecular complexity index is 454. The van der Waals surface area contributed by atoms with Crippen molar-refractivity contribution in [2.24, 2.45) is 0 Å². The van der Waals surface area contributed by atoms with Crippen LogP contribution in [-0.2, 0) is 4.79 Å². The van der Waals surface area contributed by atoms with Crippen LogP contribution in [0.3, 0.4) is 0 Å². The summed E-state index contributed by atoms with van der Waals surface area (Å²) in [4.78, 5) is 12.4. The molecule has 1 saturated heterocycles. The second-order valence-electron chi connectivity index (χ2n) is 5.55. The zero-order chi connectivity index (χ0) is 14.4. The maximum Gasteiger partial charge on any atom is 0.244 e. The third-order valence-corrected chi connectivity index (χ3v) is 3.68. The molecule has 0 saturated carbocycles. The summed E-state index contributed by atoms with van der Waals surface area (Å²) < 4.78 is 5.58. The number of nitrogens with one attached hydrogen (secondary N) is 2. The van der Waals surface area contributed by atoms with Gasteiger partial charge in [-0.1, -0.05) is 13.0 Å². The van der Waals surface area contributed by atoms with Gasteiger partial charge in [-0.05, 0) is 51.3 Å². The molecule has 0 aromatic heterocycles. The van der Waals surface area contributed by atoms with Crippen molar-refractivity contribution in [1.82, 2.24) is 5.32 Å². The van der Waals surface area contributed by atoms with Crippen LogP contribution in [0.1, 0.15) is 39.5 Å². The third kappa shape index (κ3) is 3.73. The Kier molecular flexibility index (Phi) is 5.01. The number of anilines is 1. The van der Waals surface area contributed by atoms with E-state index in [-0.39, 0.29) is 5.91 Å². The molecule has 1 amide bonds. The van der Waals surface area contributed by atoms with Crippen molar-refractivity contribution < 1.29 is 9.53 Å². The van der Waals surface area contributed by atoms with Gasteiger partial charge in [-0.25, -0.2) is 0 Å². The number of hydrogen-bond donors (Lipinski definition) is 2. The zero-order valence-electron chi connectivity index (χ0n) is 12.4. The summed E-state index contributed by atoms with van der Waals surface area (Å²) in [5, 5.41) is 6.31. The van der Waals surface area contributed by atoms with E-state index in [0.717, 1.165) is 43.7 Å². The van der Waals surface area contributed by atoms with E-state index >= 15 is 0 Å². The van der Waals surface area contributed by atoms with Gasteiger partial charge in [0.15, 0.2) is 0 Å². The van der Waals surface area contributed by atoms with Crippen molar-refractivity contribution >= 4 is 11.6 Å². The van der Waals surface area contributed by atoms with Crippen LogP contribution < -0.4 is 15.4 Å². The number of rotatable bonds is 5. The summed E-state index contributed by atoms with van der Waals surface area (Å²) >= 11 is 0. The zero-order valence-corrected chi connectivity index (χ0v) is 12.4. The van der Waals surface area contributed by atoms with Crippen molar-refractivity contribution in [3.05, 3.63) is 24.3 Å². The molecule has 110 valence electrons. The van der Waals surface area contributed by atoms with Crippen LogP contribution in [-0.4, -0.2) is 24.6 Å². The predicted octanol–water partition coefficient (Wildman–Crippen LogP) is 2.95. The smallest absolute Gasteiger partial charge is 0.244 e. The van der Waals surface area contributed by atoms with Gasteiger partial charge in [-0.2, -0.15) is 0 Å². The Hall–Kier alpha value is -1.55. The van der Waals surface area contributed by atoms with E-state index in [1.54, 1.807) is 0 Å². The van der Waals surface area contributed by atoms with Gasteiger partial charge < -0.3 is 15.4 Å². The first kappa shape index (κ1) is 14.9. The van der Waals surface area contributed by atoms with E-state index in [2.05, 4.69) is 17.6 Å². The minimum atomic E-state index is -0.460. The van der Waals surface area contributed by atoms with Gasteiger partial charge in [-0.3, -0.25) is 4.79 Å². The van der Waals surface area contributed by atoms with Gasteiger partial charge in [-0.15, -0.1) is 0 Å². The second-order valence-corrected chi connectivity index (χ2v) is 5.55. The molecule has 2 N–H and O–H groups in total. The van der Waals surface area contributed by atoms with Crippen LogP contribution in [0, 0.1) is 0 Å². The van der Waals surface area contributed by atoms with E-state index in [1.807, 2.05) is 31.2 Å². The molecule has 1 aromatic carbocycles. The molecule has 4 heteroatoms. The molecule has 20 heavy (non-hydrogen) atoms. The van der Waals surface area contributed by atoms with Crippen molar-refractivity contribution in [3.63, 3.8) is 0 Å². The largest absolute Gasteiger partial charge is 0.494 e. The molecule has 1 atom stereocenters. The van der Waals surface area contributed by atoms with Crippen LogP contribution in [0.4, 0.5) is 5.69 Å². The molecular formula is C16H24N2O2. The molecule has 4 nitrogen and oxygen atoms in total. The summed E-state index contributed by atoms with van der Waals surface area (Å²) in [6, 6.07) is 7.58. The molecule has 0 radical (unpaired) electrons. The minimum Gasteiger partial charge on any atom is -0.494 e. The lowest BCUT2D eigenvalue weighted by molar-refractivity contribution is -0.122. The lowest BCUT2D eigenvalue weighted by Crippen LogP contribution is -2.54. The lowest BCUT2D eigenvalue weighted by Gasteiger charge is -2.33. The molecule has 1 aliphatic rings. The summed E-state index contributed by atoms with van der Waals surface area (Å²) in [6.07, 6.45) is 4.09. The van der Waals surface area contributed by atoms with Crippen molar-refractivity contribution in [3.8, 4) is 5.75 Å². The molecule has 0 bridgehead atoms. The highest BCUT2D eigenvalue weighted by molar-refractivity contribution is 5.98. The highest BCUT2D eigenvalue weighted by atomic mass is 16.5. The van der Waals surface area contributed by atoms with E-state index < -0.39 is 5.54 Å². The van der Waals surface area contributed by atoms with Gasteiger partial charge in [0.2, 0.25) is 5.91 Å². The van der Waals surface area contributed by atoms with E-state index in [4.69, 9.17) is 4.74 Å². The highest BCUT2D eigenvalue weighted by Crippen LogP contribution is 2.23. The van der Waals surface area contributed by atoms with Crippen LogP contribution in [0.2, 0.25) is 0 Å². The van der Waals surface area contributed by atoms with E-state index in [9.17, 15) is 4.79 Å². The van der Waals surface area contributed by atoms with Gasteiger partial charge in [0, 0.05) is 11.8 Å². The van der Waals surface area contributed by atoms with Crippen LogP contribution >= 0.6 is 0 Å². The fourth-order valence-electron chi connectivity index (χ4n) is 2.40. The number of benzene rings is 1. The fourth-order valence-corrected chi connectivity index (χ4v) is 2.40. The fraction of sp³-hybridized carbons (Fsp3) is 0.562. The summed E-state index contributed by atoms with van der Waals surface area (Å²) in [6.45, 7) is 5.64. The lowest BCUT2D eigenvalue weighted by atomic mass is 9.90. The Morgan fingerprint density at radius 2 is 2.30 bits per heavy atom. The van der Waals surface area contributed by atoms with Crippen LogP contribution in [0.5, 0.6) is 5.75 Å². The highest BCUT2D eigenvalue weighted by Gasteiger charge is 2.34. The number of amides is 1. The Balaban J connectivity index is 2.00. The van der Waals surface area contributed by atoms with Gasteiger partial charge in [0.25, 0.3) is 0 Å². The average Bonchev–Trinajstić information content (AvgIpc) is 2.46. The monoisotopic (exact) mass is 276 g/mol. The van der Waals surface area contributed by atoms with E-state index in [1.165, 1.54) is 0 Å². The van der Waals surface area contributed by atoms with Crippen LogP contribution in [0.15, 0.2) is 24.3 Å². The maximum atomic E-state index is 12.4. The first-order valence-corrected chi connectivity index (χ1v) is 7.43. The second kappa shape index (κ2) is 6.75. The number of ether oxygens (including phenoxy) is 1. The molecular weight excluding hydrogens is 252 g/mol. The topological polar surface area (TPSA) is 50.4 Å². The molecule has 2 rings (SSSR count). The number of carbonyl (C=O) groups is 1. The standard InChI is InChI=1S/C16H24N2O2/c1-3-11-20-14-8-6-7-13(12-14)18-15(19)16(2)9-4-5-10-17-16/h6-8,12,17H,3-5,9-11H2,1-2H3,(H,18,19). The number of carbonyl (C=O) groups excluding carboxylic acids is 1. The Morgan fingerprint density at radius 3 is 3.00 bits per heavy atom. The van der Waals surface area contributed by atoms with Gasteiger partial charge in [0.1, 0.15) is 5.75 Å². The Labute approximate surface area is 120 Å². The SMILES string of the molecule is CCCOc1cccc(NC(=O)C2(C)CCCCN2)c1. The van der Waals surface area contributed by atoms with Crippen molar-refractivity contribution in [1.29, 1.82) is 0 Å². The molecule has 1 fully saturated rings. The number of hydrogen-bond acceptors (Lipinski definition) is 3. The first-order valence-electron chi connectivity index (χ1n) is 7.43. The molecule has 1 unspecified atom stereocenters. The predicted molar refractivity (Wildman–Crippen MR) is 81.1 cm³/mol. The van der Waals surface area contributed by atoms with Crippen molar-refractivity contribution in [2.45, 2.75) is 45.1 Å². The summed E-state index contributed by atoms with van der Waals surface area (Å²) in [7, 11) is 0. The molecule has 0 aliphatic carbocycles. The summed E-state index contributed by atoms with van der Waals surface area (Å²) in [5.74, 6) is 0.830. The maximum absolute atomic E-state index is 12.4. The summed E-state index contributed by atoms with van der Waals surface area (Å²) in [5.41, 5.74) is 0.329. The molecule has 0 spiro atoms. The van der Waals surface area contributed by atoms with Gasteiger partial charge in [0.05, 0.1) is 12.1 Å². The third-order valence-electron chi connectivity index (χ3n) is 3.68. The quantitative estimate of drug-likeness (QED) is 0.869. The normalized spacial score (nSPS) is 22.3. The molecule has 1 aliphatic heterocycles. The molecule has 1 aromatic rings.